The molecule has 0 aliphatic carbocycles. The molecular formula is C21H22ClN3O. The number of hydrogen-bond acceptors (Lipinski definition) is 2. The van der Waals surface area contributed by atoms with Crippen LogP contribution in [0.4, 0.5) is 0 Å². The number of hydrogen-bond donors (Lipinski definition) is 0. The second kappa shape index (κ2) is 8.19. The van der Waals surface area contributed by atoms with E-state index in [2.05, 4.69) is 6.92 Å². The molecule has 1 heterocycles. The van der Waals surface area contributed by atoms with Gasteiger partial charge in [-0.15, -0.1) is 0 Å². The lowest BCUT2D eigenvalue weighted by Crippen LogP contribution is -2.28. The van der Waals surface area contributed by atoms with E-state index >= 15 is 0 Å². The van der Waals surface area contributed by atoms with Gasteiger partial charge in [0.1, 0.15) is 0 Å². The molecule has 1 amide bonds. The molecule has 0 saturated heterocycles. The monoisotopic (exact) mass is 367 g/mol. The molecule has 26 heavy (non-hydrogen) atoms. The lowest BCUT2D eigenvalue weighted by molar-refractivity contribution is -0.129. The van der Waals surface area contributed by atoms with Crippen LogP contribution in [0.1, 0.15) is 18.9 Å². The zero-order valence-corrected chi connectivity index (χ0v) is 15.8. The van der Waals surface area contributed by atoms with Crippen molar-refractivity contribution in [3.05, 3.63) is 71.4 Å². The molecule has 0 N–H and O–H groups in total. The molecular weight excluding hydrogens is 346 g/mol. The maximum Gasteiger partial charge on any atom is 0.226 e. The average Bonchev–Trinajstić information content (AvgIpc) is 3.07. The number of benzene rings is 2. The van der Waals surface area contributed by atoms with Crippen LogP contribution >= 0.6 is 11.6 Å². The van der Waals surface area contributed by atoms with Crippen molar-refractivity contribution in [3.63, 3.8) is 0 Å². The largest absolute Gasteiger partial charge is 0.345 e. The average molecular weight is 368 g/mol. The Morgan fingerprint density at radius 3 is 2.46 bits per heavy atom. The normalized spacial score (nSPS) is 10.7. The van der Waals surface area contributed by atoms with E-state index in [0.717, 1.165) is 35.5 Å². The van der Waals surface area contributed by atoms with Gasteiger partial charge in [-0.05, 0) is 30.7 Å². The van der Waals surface area contributed by atoms with Crippen molar-refractivity contribution in [2.45, 2.75) is 19.8 Å². The number of para-hydroxylation sites is 1. The van der Waals surface area contributed by atoms with Crippen LogP contribution in [0.3, 0.4) is 0 Å². The van der Waals surface area contributed by atoms with Crippen LogP contribution in [0.2, 0.25) is 5.02 Å². The molecule has 0 spiro atoms. The SMILES string of the molecule is CCCN(C)C(=O)Cc1cn(-c2ccccc2)nc1-c1ccc(Cl)cc1. The zero-order valence-electron chi connectivity index (χ0n) is 15.0. The van der Waals surface area contributed by atoms with Gasteiger partial charge < -0.3 is 4.90 Å². The number of aromatic nitrogens is 2. The first kappa shape index (κ1) is 18.2. The van der Waals surface area contributed by atoms with E-state index in [4.69, 9.17) is 16.7 Å². The van der Waals surface area contributed by atoms with Gasteiger partial charge in [0.05, 0.1) is 17.8 Å². The summed E-state index contributed by atoms with van der Waals surface area (Å²) in [5, 5.41) is 5.42. The van der Waals surface area contributed by atoms with Gasteiger partial charge >= 0.3 is 0 Å². The fourth-order valence-corrected chi connectivity index (χ4v) is 2.99. The summed E-state index contributed by atoms with van der Waals surface area (Å²) in [6.45, 7) is 2.82. The number of likely N-dealkylation sites (N-methyl/N-ethyl adjacent to an activating group) is 1. The van der Waals surface area contributed by atoms with Crippen LogP contribution in [0.25, 0.3) is 16.9 Å². The van der Waals surface area contributed by atoms with E-state index in [9.17, 15) is 4.79 Å². The lowest BCUT2D eigenvalue weighted by atomic mass is 10.1. The minimum absolute atomic E-state index is 0.0923. The molecule has 0 fully saturated rings. The predicted octanol–water partition coefficient (Wildman–Crippen LogP) is 4.60. The van der Waals surface area contributed by atoms with Gasteiger partial charge in [-0.3, -0.25) is 4.79 Å². The van der Waals surface area contributed by atoms with Crippen LogP contribution in [0.15, 0.2) is 60.8 Å². The Morgan fingerprint density at radius 1 is 1.12 bits per heavy atom. The number of rotatable bonds is 6. The molecule has 5 heteroatoms. The van der Waals surface area contributed by atoms with Crippen molar-refractivity contribution < 1.29 is 4.79 Å². The molecule has 1 aromatic heterocycles. The number of halogens is 1. The molecule has 134 valence electrons. The Balaban J connectivity index is 1.99. The number of carbonyl (C=O) groups excluding carboxylic acids is 1. The summed E-state index contributed by atoms with van der Waals surface area (Å²) in [6.07, 6.45) is 3.20. The van der Waals surface area contributed by atoms with Crippen LogP contribution in [-0.2, 0) is 11.2 Å². The quantitative estimate of drug-likeness (QED) is 0.638. The molecule has 3 rings (SSSR count). The summed E-state index contributed by atoms with van der Waals surface area (Å²) in [5.74, 6) is 0.0923. The first-order valence-electron chi connectivity index (χ1n) is 8.72. The standard InChI is InChI=1S/C21H22ClN3O/c1-3-13-24(2)20(26)14-17-15-25(19-7-5-4-6-8-19)23-21(17)16-9-11-18(22)12-10-16/h4-12,15H,3,13-14H2,1-2H3. The van der Waals surface area contributed by atoms with Crippen LogP contribution in [-0.4, -0.2) is 34.2 Å². The van der Waals surface area contributed by atoms with E-state index in [-0.39, 0.29) is 5.91 Å². The van der Waals surface area contributed by atoms with Gasteiger partial charge in [0.2, 0.25) is 5.91 Å². The Hall–Kier alpha value is -2.59. The summed E-state index contributed by atoms with van der Waals surface area (Å²) in [4.78, 5) is 14.3. The minimum atomic E-state index is 0.0923. The third-order valence-corrected chi connectivity index (χ3v) is 4.51. The number of amides is 1. The minimum Gasteiger partial charge on any atom is -0.345 e. The maximum atomic E-state index is 12.6. The molecule has 0 radical (unpaired) electrons. The van der Waals surface area contributed by atoms with Gasteiger partial charge in [0, 0.05) is 35.9 Å². The van der Waals surface area contributed by atoms with Crippen molar-refractivity contribution >= 4 is 17.5 Å². The smallest absolute Gasteiger partial charge is 0.226 e. The topological polar surface area (TPSA) is 38.1 Å². The fraction of sp³-hybridized carbons (Fsp3) is 0.238. The Kier molecular flexibility index (Phi) is 5.74. The molecule has 0 bridgehead atoms. The third-order valence-electron chi connectivity index (χ3n) is 4.25. The summed E-state index contributed by atoms with van der Waals surface area (Å²) in [7, 11) is 1.84. The fourth-order valence-electron chi connectivity index (χ4n) is 2.86. The number of carbonyl (C=O) groups is 1. The van der Waals surface area contributed by atoms with Gasteiger partial charge in [0.25, 0.3) is 0 Å². The predicted molar refractivity (Wildman–Crippen MR) is 106 cm³/mol. The molecule has 0 aliphatic heterocycles. The Bertz CT molecular complexity index is 872. The van der Waals surface area contributed by atoms with Crippen molar-refractivity contribution in [3.8, 4) is 16.9 Å². The molecule has 0 saturated carbocycles. The van der Waals surface area contributed by atoms with E-state index in [1.54, 1.807) is 4.90 Å². The van der Waals surface area contributed by atoms with Crippen LogP contribution in [0.5, 0.6) is 0 Å². The van der Waals surface area contributed by atoms with Crippen LogP contribution in [0, 0.1) is 0 Å². The summed E-state index contributed by atoms with van der Waals surface area (Å²) in [6, 6.07) is 17.4. The van der Waals surface area contributed by atoms with Gasteiger partial charge in [0.15, 0.2) is 0 Å². The highest BCUT2D eigenvalue weighted by molar-refractivity contribution is 6.30. The Morgan fingerprint density at radius 2 is 1.81 bits per heavy atom. The van der Waals surface area contributed by atoms with E-state index < -0.39 is 0 Å². The lowest BCUT2D eigenvalue weighted by Gasteiger charge is -2.15. The van der Waals surface area contributed by atoms with E-state index in [1.165, 1.54) is 0 Å². The van der Waals surface area contributed by atoms with Crippen molar-refractivity contribution in [2.24, 2.45) is 0 Å². The molecule has 4 nitrogen and oxygen atoms in total. The second-order valence-electron chi connectivity index (χ2n) is 6.28. The molecule has 0 unspecified atom stereocenters. The molecule has 3 aromatic rings. The Labute approximate surface area is 159 Å². The van der Waals surface area contributed by atoms with Gasteiger partial charge in [-0.1, -0.05) is 48.9 Å². The summed E-state index contributed by atoms with van der Waals surface area (Å²) in [5.41, 5.74) is 3.63. The number of nitrogens with zero attached hydrogens (tertiary/aromatic N) is 3. The zero-order chi connectivity index (χ0) is 18.5. The maximum absolute atomic E-state index is 12.6. The first-order valence-corrected chi connectivity index (χ1v) is 9.10. The molecule has 0 aliphatic rings. The van der Waals surface area contributed by atoms with Gasteiger partial charge in [-0.25, -0.2) is 4.68 Å². The van der Waals surface area contributed by atoms with Crippen molar-refractivity contribution in [1.82, 2.24) is 14.7 Å². The van der Waals surface area contributed by atoms with Crippen LogP contribution < -0.4 is 0 Å². The highest BCUT2D eigenvalue weighted by atomic mass is 35.5. The summed E-state index contributed by atoms with van der Waals surface area (Å²) < 4.78 is 1.83. The summed E-state index contributed by atoms with van der Waals surface area (Å²) >= 11 is 6.01. The highest BCUT2D eigenvalue weighted by Crippen LogP contribution is 2.26. The first-order chi connectivity index (χ1) is 12.6. The van der Waals surface area contributed by atoms with Crippen molar-refractivity contribution in [2.75, 3.05) is 13.6 Å². The van der Waals surface area contributed by atoms with Crippen molar-refractivity contribution in [1.29, 1.82) is 0 Å². The third kappa shape index (κ3) is 4.14. The molecule has 2 aromatic carbocycles. The molecule has 0 atom stereocenters. The second-order valence-corrected chi connectivity index (χ2v) is 6.72. The van der Waals surface area contributed by atoms with Gasteiger partial charge in [-0.2, -0.15) is 5.10 Å². The van der Waals surface area contributed by atoms with E-state index in [1.807, 2.05) is 72.5 Å². The highest BCUT2D eigenvalue weighted by Gasteiger charge is 2.17. The van der Waals surface area contributed by atoms with E-state index in [0.29, 0.717) is 11.4 Å².